The van der Waals surface area contributed by atoms with E-state index in [-0.39, 0.29) is 18.6 Å². The molecule has 4 nitrogen and oxygen atoms in total. The molecule has 0 saturated carbocycles. The zero-order valence-corrected chi connectivity index (χ0v) is 12.2. The highest BCUT2D eigenvalue weighted by Crippen LogP contribution is 2.10. The Balaban J connectivity index is 2.72. The molecule has 1 rings (SSSR count). The van der Waals surface area contributed by atoms with Crippen LogP contribution in [0, 0.1) is 18.8 Å². The van der Waals surface area contributed by atoms with E-state index in [1.807, 2.05) is 32.9 Å². The Bertz CT molecular complexity index is 512. The molecule has 0 aliphatic heterocycles. The van der Waals surface area contributed by atoms with Crippen molar-refractivity contribution in [3.8, 4) is 11.8 Å². The predicted octanol–water partition coefficient (Wildman–Crippen LogP) is 1.49. The van der Waals surface area contributed by atoms with Crippen LogP contribution in [-0.4, -0.2) is 36.9 Å². The van der Waals surface area contributed by atoms with Gasteiger partial charge in [-0.05, 0) is 38.5 Å². The fourth-order valence-corrected chi connectivity index (χ4v) is 1.65. The number of amides is 1. The van der Waals surface area contributed by atoms with Crippen LogP contribution in [0.2, 0.25) is 0 Å². The molecular formula is C16H21NO3. The van der Waals surface area contributed by atoms with Gasteiger partial charge < -0.3 is 15.2 Å². The third kappa shape index (κ3) is 5.43. The van der Waals surface area contributed by atoms with Crippen LogP contribution in [0.15, 0.2) is 18.2 Å². The first-order valence-electron chi connectivity index (χ1n) is 6.64. The van der Waals surface area contributed by atoms with Crippen LogP contribution in [0.1, 0.15) is 35.3 Å². The van der Waals surface area contributed by atoms with Crippen molar-refractivity contribution in [3.63, 3.8) is 0 Å². The first-order valence-corrected chi connectivity index (χ1v) is 6.64. The Morgan fingerprint density at radius 2 is 2.20 bits per heavy atom. The molecule has 0 saturated heterocycles. The molecule has 20 heavy (non-hydrogen) atoms. The van der Waals surface area contributed by atoms with Gasteiger partial charge in [-0.25, -0.2) is 0 Å². The van der Waals surface area contributed by atoms with Crippen molar-refractivity contribution in [2.45, 2.75) is 26.9 Å². The van der Waals surface area contributed by atoms with Crippen LogP contribution < -0.4 is 5.32 Å². The fraction of sp³-hybridized carbons (Fsp3) is 0.438. The maximum Gasteiger partial charge on any atom is 0.252 e. The minimum Gasteiger partial charge on any atom is -0.384 e. The number of carbonyl (C=O) groups is 1. The summed E-state index contributed by atoms with van der Waals surface area (Å²) in [6, 6.07) is 5.45. The summed E-state index contributed by atoms with van der Waals surface area (Å²) in [5, 5.41) is 11.6. The molecule has 0 fully saturated rings. The minimum absolute atomic E-state index is 0.150. The Labute approximate surface area is 120 Å². The van der Waals surface area contributed by atoms with Crippen LogP contribution in [0.25, 0.3) is 0 Å². The van der Waals surface area contributed by atoms with Crippen molar-refractivity contribution in [1.82, 2.24) is 5.32 Å². The zero-order chi connectivity index (χ0) is 15.0. The molecule has 1 aromatic carbocycles. The molecule has 0 radical (unpaired) electrons. The second-order valence-corrected chi connectivity index (χ2v) is 4.68. The quantitative estimate of drug-likeness (QED) is 0.632. The monoisotopic (exact) mass is 275 g/mol. The molecular weight excluding hydrogens is 254 g/mol. The molecule has 0 spiro atoms. The fourth-order valence-electron chi connectivity index (χ4n) is 1.65. The van der Waals surface area contributed by atoms with Gasteiger partial charge in [-0.15, -0.1) is 0 Å². The summed E-state index contributed by atoms with van der Waals surface area (Å²) >= 11 is 0. The summed E-state index contributed by atoms with van der Waals surface area (Å²) in [6.07, 6.45) is 0.150. The summed E-state index contributed by atoms with van der Waals surface area (Å²) in [4.78, 5) is 12.1. The van der Waals surface area contributed by atoms with Crippen molar-refractivity contribution < 1.29 is 14.6 Å². The molecule has 1 amide bonds. The molecule has 4 heteroatoms. The molecule has 0 aliphatic rings. The van der Waals surface area contributed by atoms with Crippen molar-refractivity contribution >= 4 is 5.91 Å². The molecule has 2 N–H and O–H groups in total. The van der Waals surface area contributed by atoms with Gasteiger partial charge in [0.25, 0.3) is 5.91 Å². The van der Waals surface area contributed by atoms with Crippen LogP contribution >= 0.6 is 0 Å². The number of rotatable bonds is 5. The Morgan fingerprint density at radius 1 is 1.45 bits per heavy atom. The average molecular weight is 275 g/mol. The van der Waals surface area contributed by atoms with Crippen molar-refractivity contribution in [2.75, 3.05) is 19.8 Å². The van der Waals surface area contributed by atoms with E-state index in [2.05, 4.69) is 17.2 Å². The van der Waals surface area contributed by atoms with Gasteiger partial charge in [-0.1, -0.05) is 17.9 Å². The van der Waals surface area contributed by atoms with Gasteiger partial charge in [0, 0.05) is 12.1 Å². The Kier molecular flexibility index (Phi) is 6.78. The number of hydrogen-bond donors (Lipinski definition) is 2. The highest BCUT2D eigenvalue weighted by atomic mass is 16.5. The molecule has 0 aromatic heterocycles. The Morgan fingerprint density at radius 3 is 2.85 bits per heavy atom. The molecule has 0 unspecified atom stereocenters. The first kappa shape index (κ1) is 16.2. The number of benzene rings is 1. The lowest BCUT2D eigenvalue weighted by molar-refractivity contribution is 0.0746. The lowest BCUT2D eigenvalue weighted by Crippen LogP contribution is -2.28. The molecule has 0 atom stereocenters. The van der Waals surface area contributed by atoms with Gasteiger partial charge in [0.1, 0.15) is 6.61 Å². The highest BCUT2D eigenvalue weighted by Gasteiger charge is 2.09. The van der Waals surface area contributed by atoms with E-state index in [0.717, 1.165) is 5.56 Å². The van der Waals surface area contributed by atoms with Crippen LogP contribution in [-0.2, 0) is 4.74 Å². The molecule has 0 aliphatic carbocycles. The zero-order valence-electron chi connectivity index (χ0n) is 12.2. The van der Waals surface area contributed by atoms with Crippen LogP contribution in [0.5, 0.6) is 0 Å². The molecule has 0 heterocycles. The number of aliphatic hydroxyl groups excluding tert-OH is 1. The number of carbonyl (C=O) groups excluding carboxylic acids is 1. The molecule has 1 aromatic rings. The summed E-state index contributed by atoms with van der Waals surface area (Å²) in [6.45, 7) is 6.54. The van der Waals surface area contributed by atoms with E-state index in [9.17, 15) is 4.79 Å². The summed E-state index contributed by atoms with van der Waals surface area (Å²) in [7, 11) is 0. The van der Waals surface area contributed by atoms with Gasteiger partial charge >= 0.3 is 0 Å². The van der Waals surface area contributed by atoms with Crippen molar-refractivity contribution in [2.24, 2.45) is 0 Å². The number of ether oxygens (including phenoxy) is 1. The second kappa shape index (κ2) is 8.36. The average Bonchev–Trinajstić information content (AvgIpc) is 2.41. The van der Waals surface area contributed by atoms with E-state index in [1.54, 1.807) is 6.07 Å². The van der Waals surface area contributed by atoms with E-state index in [1.165, 1.54) is 0 Å². The lowest BCUT2D eigenvalue weighted by atomic mass is 10.0. The van der Waals surface area contributed by atoms with Gasteiger partial charge in [0.15, 0.2) is 0 Å². The van der Waals surface area contributed by atoms with Gasteiger partial charge in [0.05, 0.1) is 18.3 Å². The highest BCUT2D eigenvalue weighted by molar-refractivity contribution is 5.96. The second-order valence-electron chi connectivity index (χ2n) is 4.68. The van der Waals surface area contributed by atoms with E-state index in [0.29, 0.717) is 24.3 Å². The van der Waals surface area contributed by atoms with Crippen molar-refractivity contribution in [1.29, 1.82) is 0 Å². The SMILES string of the molecule is Cc1ccc(C(=O)NCCOC(C)C)c(C#CCO)c1. The molecule has 0 bridgehead atoms. The predicted molar refractivity (Wildman–Crippen MR) is 78.6 cm³/mol. The largest absolute Gasteiger partial charge is 0.384 e. The first-order chi connectivity index (χ1) is 9.54. The third-order valence-corrected chi connectivity index (χ3v) is 2.56. The van der Waals surface area contributed by atoms with Gasteiger partial charge in [-0.2, -0.15) is 0 Å². The summed E-state index contributed by atoms with van der Waals surface area (Å²) < 4.78 is 5.37. The maximum atomic E-state index is 12.1. The van der Waals surface area contributed by atoms with E-state index < -0.39 is 0 Å². The van der Waals surface area contributed by atoms with Gasteiger partial charge in [-0.3, -0.25) is 4.79 Å². The number of aryl methyl sites for hydroxylation is 1. The van der Waals surface area contributed by atoms with Gasteiger partial charge in [0.2, 0.25) is 0 Å². The van der Waals surface area contributed by atoms with Crippen molar-refractivity contribution in [3.05, 3.63) is 34.9 Å². The third-order valence-electron chi connectivity index (χ3n) is 2.56. The topological polar surface area (TPSA) is 58.6 Å². The van der Waals surface area contributed by atoms with Crippen LogP contribution in [0.4, 0.5) is 0 Å². The molecule has 108 valence electrons. The number of nitrogens with one attached hydrogen (secondary N) is 1. The normalized spacial score (nSPS) is 10.1. The number of hydrogen-bond acceptors (Lipinski definition) is 3. The standard InChI is InChI=1S/C16H21NO3/c1-12(2)20-10-8-17-16(19)15-7-6-13(3)11-14(15)5-4-9-18/h6-7,11-12,18H,8-10H2,1-3H3,(H,17,19). The minimum atomic E-state index is -0.225. The maximum absolute atomic E-state index is 12.1. The van der Waals surface area contributed by atoms with Crippen LogP contribution in [0.3, 0.4) is 0 Å². The summed E-state index contributed by atoms with van der Waals surface area (Å²) in [5.41, 5.74) is 2.16. The van der Waals surface area contributed by atoms with E-state index >= 15 is 0 Å². The summed E-state index contributed by atoms with van der Waals surface area (Å²) in [5.74, 6) is 5.19. The van der Waals surface area contributed by atoms with E-state index in [4.69, 9.17) is 9.84 Å². The smallest absolute Gasteiger partial charge is 0.252 e. The Hall–Kier alpha value is -1.83. The number of aliphatic hydroxyl groups is 1. The lowest BCUT2D eigenvalue weighted by Gasteiger charge is -2.10.